The number of para-hydroxylation sites is 1. The number of ether oxygens (including phenoxy) is 3. The van der Waals surface area contributed by atoms with Crippen LogP contribution in [0.3, 0.4) is 0 Å². The van der Waals surface area contributed by atoms with Crippen LogP contribution in [0, 0.1) is 0 Å². The van der Waals surface area contributed by atoms with Crippen LogP contribution in [0.4, 0.5) is 0 Å². The Labute approximate surface area is 140 Å². The summed E-state index contributed by atoms with van der Waals surface area (Å²) in [7, 11) is 2.89. The lowest BCUT2D eigenvalue weighted by Crippen LogP contribution is -2.04. The third kappa shape index (κ3) is 4.71. The third-order valence-electron chi connectivity index (χ3n) is 3.27. The Balaban J connectivity index is 1.96. The van der Waals surface area contributed by atoms with Gasteiger partial charge in [-0.2, -0.15) is 0 Å². The van der Waals surface area contributed by atoms with Gasteiger partial charge in [-0.05, 0) is 29.8 Å². The monoisotopic (exact) mass is 326 g/mol. The molecule has 0 aliphatic rings. The number of rotatable bonds is 6. The molecular weight excluding hydrogens is 308 g/mol. The number of hydrogen-bond acceptors (Lipinski definition) is 5. The molecule has 0 atom stereocenters. The van der Waals surface area contributed by atoms with E-state index in [0.717, 1.165) is 5.56 Å². The van der Waals surface area contributed by atoms with Crippen LogP contribution in [0.2, 0.25) is 0 Å². The molecule has 2 aromatic carbocycles. The second kappa shape index (κ2) is 8.53. The first-order chi connectivity index (χ1) is 11.6. The first kappa shape index (κ1) is 17.3. The highest BCUT2D eigenvalue weighted by atomic mass is 16.5. The summed E-state index contributed by atoms with van der Waals surface area (Å²) >= 11 is 0. The lowest BCUT2D eigenvalue weighted by atomic mass is 10.1. The molecular formula is C19H18O5. The predicted octanol–water partition coefficient (Wildman–Crippen LogP) is 3.24. The number of methoxy groups -OCH3 is 2. The van der Waals surface area contributed by atoms with Crippen molar-refractivity contribution in [3.8, 4) is 5.75 Å². The van der Waals surface area contributed by atoms with Crippen LogP contribution in [0.5, 0.6) is 5.75 Å². The maximum absolute atomic E-state index is 11.8. The summed E-state index contributed by atoms with van der Waals surface area (Å²) < 4.78 is 15.0. The minimum Gasteiger partial charge on any atom is -0.496 e. The molecule has 124 valence electrons. The Bertz CT molecular complexity index is 749. The fraction of sp³-hybridized carbons (Fsp3) is 0.158. The molecule has 0 aliphatic heterocycles. The number of carbonyl (C=O) groups excluding carboxylic acids is 2. The summed E-state index contributed by atoms with van der Waals surface area (Å²) in [5.74, 6) is -0.240. The van der Waals surface area contributed by atoms with Crippen molar-refractivity contribution in [2.24, 2.45) is 0 Å². The molecule has 0 radical (unpaired) electrons. The van der Waals surface area contributed by atoms with Crippen molar-refractivity contribution in [3.05, 3.63) is 71.3 Å². The number of esters is 2. The third-order valence-corrected chi connectivity index (χ3v) is 3.27. The Kier molecular flexibility index (Phi) is 6.14. The average Bonchev–Trinajstić information content (AvgIpc) is 2.64. The van der Waals surface area contributed by atoms with Crippen LogP contribution < -0.4 is 4.74 Å². The Hall–Kier alpha value is -3.08. The fourth-order valence-electron chi connectivity index (χ4n) is 2.07. The smallest absolute Gasteiger partial charge is 0.337 e. The van der Waals surface area contributed by atoms with Gasteiger partial charge in [0.1, 0.15) is 12.4 Å². The van der Waals surface area contributed by atoms with Crippen molar-refractivity contribution in [1.82, 2.24) is 0 Å². The molecule has 5 heteroatoms. The number of hydrogen-bond donors (Lipinski definition) is 0. The van der Waals surface area contributed by atoms with Crippen molar-refractivity contribution >= 4 is 18.0 Å². The maximum Gasteiger partial charge on any atom is 0.337 e. The van der Waals surface area contributed by atoms with Crippen molar-refractivity contribution < 1.29 is 23.8 Å². The minimum absolute atomic E-state index is 0.0694. The Morgan fingerprint density at radius 3 is 2.58 bits per heavy atom. The zero-order chi connectivity index (χ0) is 17.4. The summed E-state index contributed by atoms with van der Waals surface area (Å²) in [6.07, 6.45) is 2.97. The van der Waals surface area contributed by atoms with E-state index >= 15 is 0 Å². The molecule has 0 saturated carbocycles. The first-order valence-electron chi connectivity index (χ1n) is 7.29. The SMILES string of the molecule is COC(=O)c1cccc(COC(=O)/C=C/c2ccccc2OC)c1. The van der Waals surface area contributed by atoms with Gasteiger partial charge < -0.3 is 14.2 Å². The lowest BCUT2D eigenvalue weighted by molar-refractivity contribution is -0.138. The van der Waals surface area contributed by atoms with Gasteiger partial charge in [0.05, 0.1) is 19.8 Å². The normalized spacial score (nSPS) is 10.4. The van der Waals surface area contributed by atoms with Crippen molar-refractivity contribution in [2.75, 3.05) is 14.2 Å². The van der Waals surface area contributed by atoms with Gasteiger partial charge in [-0.25, -0.2) is 9.59 Å². The van der Waals surface area contributed by atoms with E-state index in [1.807, 2.05) is 24.3 Å². The van der Waals surface area contributed by atoms with E-state index in [1.54, 1.807) is 37.5 Å². The molecule has 0 unspecified atom stereocenters. The van der Waals surface area contributed by atoms with Gasteiger partial charge >= 0.3 is 11.9 Å². The zero-order valence-electron chi connectivity index (χ0n) is 13.5. The van der Waals surface area contributed by atoms with Crippen molar-refractivity contribution in [1.29, 1.82) is 0 Å². The van der Waals surface area contributed by atoms with E-state index in [2.05, 4.69) is 4.74 Å². The summed E-state index contributed by atoms with van der Waals surface area (Å²) in [4.78, 5) is 23.3. The summed E-state index contributed by atoms with van der Waals surface area (Å²) in [5.41, 5.74) is 1.90. The molecule has 2 rings (SSSR count). The van der Waals surface area contributed by atoms with Gasteiger partial charge in [-0.3, -0.25) is 0 Å². The topological polar surface area (TPSA) is 61.8 Å². The van der Waals surface area contributed by atoms with Crippen molar-refractivity contribution in [2.45, 2.75) is 6.61 Å². The van der Waals surface area contributed by atoms with Gasteiger partial charge in [0, 0.05) is 11.6 Å². The molecule has 0 saturated heterocycles. The molecule has 0 N–H and O–H groups in total. The second-order valence-corrected chi connectivity index (χ2v) is 4.87. The molecule has 0 aromatic heterocycles. The quantitative estimate of drug-likeness (QED) is 0.602. The summed E-state index contributed by atoms with van der Waals surface area (Å²) in [6, 6.07) is 14.1. The standard InChI is InChI=1S/C19H18O5/c1-22-17-9-4-3-7-15(17)10-11-18(20)24-13-14-6-5-8-16(12-14)19(21)23-2/h3-12H,13H2,1-2H3/b11-10+. The number of carbonyl (C=O) groups is 2. The Morgan fingerprint density at radius 1 is 1.04 bits per heavy atom. The molecule has 24 heavy (non-hydrogen) atoms. The van der Waals surface area contributed by atoms with Crippen molar-refractivity contribution in [3.63, 3.8) is 0 Å². The molecule has 2 aromatic rings. The van der Waals surface area contributed by atoms with Crippen LogP contribution in [0.25, 0.3) is 6.08 Å². The van der Waals surface area contributed by atoms with Crippen LogP contribution in [-0.2, 0) is 20.9 Å². The highest BCUT2D eigenvalue weighted by molar-refractivity contribution is 5.89. The van der Waals surface area contributed by atoms with Crippen LogP contribution >= 0.6 is 0 Å². The highest BCUT2D eigenvalue weighted by Crippen LogP contribution is 2.18. The highest BCUT2D eigenvalue weighted by Gasteiger charge is 2.07. The van der Waals surface area contributed by atoms with Gasteiger partial charge in [0.15, 0.2) is 0 Å². The van der Waals surface area contributed by atoms with Crippen LogP contribution in [0.1, 0.15) is 21.5 Å². The van der Waals surface area contributed by atoms with Gasteiger partial charge in [-0.1, -0.05) is 30.3 Å². The lowest BCUT2D eigenvalue weighted by Gasteiger charge is -2.05. The van der Waals surface area contributed by atoms with Crippen LogP contribution in [-0.4, -0.2) is 26.2 Å². The van der Waals surface area contributed by atoms with E-state index in [0.29, 0.717) is 16.9 Å². The van der Waals surface area contributed by atoms with E-state index in [-0.39, 0.29) is 6.61 Å². The first-order valence-corrected chi connectivity index (χ1v) is 7.29. The van der Waals surface area contributed by atoms with E-state index < -0.39 is 11.9 Å². The molecule has 0 fully saturated rings. The molecule has 0 heterocycles. The predicted molar refractivity (Wildman–Crippen MR) is 89.6 cm³/mol. The van der Waals surface area contributed by atoms with E-state index in [4.69, 9.17) is 9.47 Å². The molecule has 0 amide bonds. The van der Waals surface area contributed by atoms with Gasteiger partial charge in [0.25, 0.3) is 0 Å². The molecule has 0 bridgehead atoms. The molecule has 5 nitrogen and oxygen atoms in total. The second-order valence-electron chi connectivity index (χ2n) is 4.87. The molecule has 0 aliphatic carbocycles. The van der Waals surface area contributed by atoms with Crippen LogP contribution in [0.15, 0.2) is 54.6 Å². The van der Waals surface area contributed by atoms with Gasteiger partial charge in [-0.15, -0.1) is 0 Å². The number of benzene rings is 2. The average molecular weight is 326 g/mol. The molecule has 0 spiro atoms. The van der Waals surface area contributed by atoms with E-state index in [1.165, 1.54) is 13.2 Å². The maximum atomic E-state index is 11.8. The minimum atomic E-state index is -0.482. The zero-order valence-corrected chi connectivity index (χ0v) is 13.5. The van der Waals surface area contributed by atoms with E-state index in [9.17, 15) is 9.59 Å². The Morgan fingerprint density at radius 2 is 1.83 bits per heavy atom. The fourth-order valence-corrected chi connectivity index (χ4v) is 2.07. The summed E-state index contributed by atoms with van der Waals surface area (Å²) in [5, 5.41) is 0. The van der Waals surface area contributed by atoms with Gasteiger partial charge in [0.2, 0.25) is 0 Å². The summed E-state index contributed by atoms with van der Waals surface area (Å²) in [6.45, 7) is 0.0694. The largest absolute Gasteiger partial charge is 0.496 e.